The monoisotopic (exact) mass is 220 g/mol. The van der Waals surface area contributed by atoms with Crippen molar-refractivity contribution in [3.8, 4) is 0 Å². The normalized spacial score (nSPS) is 24.8. The number of benzene rings is 1. The van der Waals surface area contributed by atoms with Gasteiger partial charge in [-0.25, -0.2) is 0 Å². The van der Waals surface area contributed by atoms with E-state index in [0.717, 1.165) is 12.2 Å². The number of nitrogens with two attached hydrogens (primary N) is 1. The van der Waals surface area contributed by atoms with E-state index < -0.39 is 0 Å². The van der Waals surface area contributed by atoms with E-state index in [9.17, 15) is 0 Å². The molecule has 0 amide bonds. The number of nitrogens with one attached hydrogen (secondary N) is 1. The number of anilines is 1. The number of methoxy groups -OCH3 is 1. The number of ether oxygens (including phenoxy) is 1. The highest BCUT2D eigenvalue weighted by atomic mass is 16.5. The Labute approximate surface area is 97.0 Å². The van der Waals surface area contributed by atoms with E-state index in [-0.39, 0.29) is 0 Å². The lowest BCUT2D eigenvalue weighted by molar-refractivity contribution is 0.0847. The second-order valence-electron chi connectivity index (χ2n) is 4.44. The van der Waals surface area contributed by atoms with Gasteiger partial charge >= 0.3 is 0 Å². The molecule has 1 aliphatic rings. The van der Waals surface area contributed by atoms with Gasteiger partial charge in [-0.3, -0.25) is 0 Å². The number of nitrogen functional groups attached to an aromatic ring is 1. The Morgan fingerprint density at radius 3 is 3.06 bits per heavy atom. The number of hydrogen-bond donors (Lipinski definition) is 2. The molecular formula is C13H20N2O. The second-order valence-corrected chi connectivity index (χ2v) is 4.44. The first-order valence-corrected chi connectivity index (χ1v) is 5.90. The van der Waals surface area contributed by atoms with E-state index in [4.69, 9.17) is 10.5 Å². The van der Waals surface area contributed by atoms with Gasteiger partial charge in [0.2, 0.25) is 0 Å². The van der Waals surface area contributed by atoms with Gasteiger partial charge in [0.15, 0.2) is 0 Å². The molecule has 0 spiro atoms. The van der Waals surface area contributed by atoms with Crippen molar-refractivity contribution in [1.82, 2.24) is 5.32 Å². The molecule has 3 heteroatoms. The molecule has 0 radical (unpaired) electrons. The van der Waals surface area contributed by atoms with Crippen LogP contribution in [0.3, 0.4) is 0 Å². The van der Waals surface area contributed by atoms with Gasteiger partial charge in [-0.05, 0) is 37.0 Å². The molecule has 0 saturated heterocycles. The van der Waals surface area contributed by atoms with Gasteiger partial charge in [-0.15, -0.1) is 0 Å². The van der Waals surface area contributed by atoms with E-state index in [2.05, 4.69) is 11.4 Å². The molecule has 0 aromatic heterocycles. The molecular weight excluding hydrogens is 200 g/mol. The standard InChI is InChI=1S/C13H20N2O/c1-16-13-7-3-6-12(13)15-9-10-4-2-5-11(14)8-10/h2,4-5,8,12-13,15H,3,6-7,9,14H2,1H3. The highest BCUT2D eigenvalue weighted by Gasteiger charge is 2.26. The maximum absolute atomic E-state index is 5.74. The Kier molecular flexibility index (Phi) is 3.80. The molecule has 2 atom stereocenters. The van der Waals surface area contributed by atoms with Crippen LogP contribution < -0.4 is 11.1 Å². The zero-order valence-corrected chi connectivity index (χ0v) is 9.78. The Balaban J connectivity index is 1.87. The van der Waals surface area contributed by atoms with Crippen LogP contribution in [-0.2, 0) is 11.3 Å². The zero-order valence-electron chi connectivity index (χ0n) is 9.78. The summed E-state index contributed by atoms with van der Waals surface area (Å²) in [6.45, 7) is 0.871. The van der Waals surface area contributed by atoms with Crippen molar-refractivity contribution in [1.29, 1.82) is 0 Å². The maximum Gasteiger partial charge on any atom is 0.0724 e. The van der Waals surface area contributed by atoms with Crippen LogP contribution in [0.1, 0.15) is 24.8 Å². The van der Waals surface area contributed by atoms with Gasteiger partial charge in [0.1, 0.15) is 0 Å². The van der Waals surface area contributed by atoms with Crippen LogP contribution >= 0.6 is 0 Å². The topological polar surface area (TPSA) is 47.3 Å². The maximum atomic E-state index is 5.74. The highest BCUT2D eigenvalue weighted by molar-refractivity contribution is 5.40. The summed E-state index contributed by atoms with van der Waals surface area (Å²) < 4.78 is 5.45. The van der Waals surface area contributed by atoms with Gasteiger partial charge < -0.3 is 15.8 Å². The third-order valence-corrected chi connectivity index (χ3v) is 3.27. The highest BCUT2D eigenvalue weighted by Crippen LogP contribution is 2.21. The van der Waals surface area contributed by atoms with Crippen molar-refractivity contribution < 1.29 is 4.74 Å². The van der Waals surface area contributed by atoms with Gasteiger partial charge in [-0.2, -0.15) is 0 Å². The van der Waals surface area contributed by atoms with E-state index in [1.165, 1.54) is 24.8 Å². The summed E-state index contributed by atoms with van der Waals surface area (Å²) in [4.78, 5) is 0. The average Bonchev–Trinajstić information content (AvgIpc) is 2.74. The first-order chi connectivity index (χ1) is 7.79. The lowest BCUT2D eigenvalue weighted by atomic mass is 10.1. The Bertz CT molecular complexity index is 340. The largest absolute Gasteiger partial charge is 0.399 e. The molecule has 3 nitrogen and oxygen atoms in total. The van der Waals surface area contributed by atoms with Crippen molar-refractivity contribution in [3.05, 3.63) is 29.8 Å². The predicted molar refractivity (Wildman–Crippen MR) is 66.1 cm³/mol. The molecule has 2 rings (SSSR count). The van der Waals surface area contributed by atoms with E-state index in [0.29, 0.717) is 12.1 Å². The minimum Gasteiger partial charge on any atom is -0.399 e. The van der Waals surface area contributed by atoms with Crippen LogP contribution in [0.25, 0.3) is 0 Å². The van der Waals surface area contributed by atoms with Crippen LogP contribution in [0.4, 0.5) is 5.69 Å². The van der Waals surface area contributed by atoms with Crippen molar-refractivity contribution in [2.45, 2.75) is 38.0 Å². The van der Waals surface area contributed by atoms with Crippen LogP contribution in [0.5, 0.6) is 0 Å². The third kappa shape index (κ3) is 2.74. The quantitative estimate of drug-likeness (QED) is 0.762. The van der Waals surface area contributed by atoms with Crippen molar-refractivity contribution in [2.24, 2.45) is 0 Å². The summed E-state index contributed by atoms with van der Waals surface area (Å²) in [5.74, 6) is 0. The molecule has 16 heavy (non-hydrogen) atoms. The molecule has 1 aliphatic carbocycles. The van der Waals surface area contributed by atoms with Crippen molar-refractivity contribution in [3.63, 3.8) is 0 Å². The SMILES string of the molecule is COC1CCCC1NCc1cccc(N)c1. The van der Waals surface area contributed by atoms with Crippen LogP contribution in [-0.4, -0.2) is 19.3 Å². The molecule has 3 N–H and O–H groups in total. The average molecular weight is 220 g/mol. The smallest absolute Gasteiger partial charge is 0.0724 e. The number of hydrogen-bond acceptors (Lipinski definition) is 3. The van der Waals surface area contributed by atoms with Crippen LogP contribution in [0.15, 0.2) is 24.3 Å². The van der Waals surface area contributed by atoms with E-state index in [1.54, 1.807) is 7.11 Å². The van der Waals surface area contributed by atoms with Crippen molar-refractivity contribution in [2.75, 3.05) is 12.8 Å². The van der Waals surface area contributed by atoms with Crippen LogP contribution in [0.2, 0.25) is 0 Å². The first kappa shape index (κ1) is 11.4. The zero-order chi connectivity index (χ0) is 11.4. The van der Waals surface area contributed by atoms with Crippen molar-refractivity contribution >= 4 is 5.69 Å². The fraction of sp³-hybridized carbons (Fsp3) is 0.538. The second kappa shape index (κ2) is 5.32. The summed E-state index contributed by atoms with van der Waals surface area (Å²) in [5, 5.41) is 3.55. The molecule has 0 heterocycles. The van der Waals surface area contributed by atoms with E-state index in [1.807, 2.05) is 18.2 Å². The minimum atomic E-state index is 0.376. The lowest BCUT2D eigenvalue weighted by Gasteiger charge is -2.19. The van der Waals surface area contributed by atoms with Crippen LogP contribution in [0, 0.1) is 0 Å². The van der Waals surface area contributed by atoms with Gasteiger partial charge in [0.05, 0.1) is 6.10 Å². The molecule has 1 aromatic rings. The fourth-order valence-electron chi connectivity index (χ4n) is 2.39. The summed E-state index contributed by atoms with van der Waals surface area (Å²) >= 11 is 0. The summed E-state index contributed by atoms with van der Waals surface area (Å²) in [5.41, 5.74) is 7.81. The summed E-state index contributed by atoms with van der Waals surface area (Å²) in [6.07, 6.45) is 4.01. The minimum absolute atomic E-state index is 0.376. The number of rotatable bonds is 4. The molecule has 88 valence electrons. The predicted octanol–water partition coefficient (Wildman–Crippen LogP) is 1.93. The Morgan fingerprint density at radius 1 is 1.44 bits per heavy atom. The van der Waals surface area contributed by atoms with Gasteiger partial charge in [0, 0.05) is 25.4 Å². The molecule has 1 aromatic carbocycles. The molecule has 1 fully saturated rings. The fourth-order valence-corrected chi connectivity index (χ4v) is 2.39. The lowest BCUT2D eigenvalue weighted by Crippen LogP contribution is -2.36. The summed E-state index contributed by atoms with van der Waals surface area (Å²) in [6, 6.07) is 8.52. The first-order valence-electron chi connectivity index (χ1n) is 5.90. The summed E-state index contributed by atoms with van der Waals surface area (Å²) in [7, 11) is 1.80. The Hall–Kier alpha value is -1.06. The van der Waals surface area contributed by atoms with Gasteiger partial charge in [-0.1, -0.05) is 12.1 Å². The molecule has 0 bridgehead atoms. The van der Waals surface area contributed by atoms with E-state index >= 15 is 0 Å². The Morgan fingerprint density at radius 2 is 2.31 bits per heavy atom. The molecule has 1 saturated carbocycles. The molecule has 0 aliphatic heterocycles. The van der Waals surface area contributed by atoms with Gasteiger partial charge in [0.25, 0.3) is 0 Å². The third-order valence-electron chi connectivity index (χ3n) is 3.27. The molecule has 2 unspecified atom stereocenters.